The molecule has 1 atom stereocenters. The summed E-state index contributed by atoms with van der Waals surface area (Å²) in [5.74, 6) is 0.609. The molecule has 0 amide bonds. The van der Waals surface area contributed by atoms with Crippen molar-refractivity contribution in [3.8, 4) is 0 Å². The second-order valence-corrected chi connectivity index (χ2v) is 6.04. The third-order valence-corrected chi connectivity index (χ3v) is 4.56. The molecule has 19 heavy (non-hydrogen) atoms. The van der Waals surface area contributed by atoms with Gasteiger partial charge in [0.1, 0.15) is 0 Å². The Bertz CT molecular complexity index is 348. The number of hydrogen-bond acceptors (Lipinski definition) is 2. The molecule has 0 heterocycles. The van der Waals surface area contributed by atoms with Gasteiger partial charge in [0.15, 0.2) is 0 Å². The zero-order valence-corrected chi connectivity index (χ0v) is 14.5. The largest absolute Gasteiger partial charge is 0.106 e. The molecule has 0 saturated heterocycles. The van der Waals surface area contributed by atoms with Gasteiger partial charge in [0.2, 0.25) is 0 Å². The van der Waals surface area contributed by atoms with Crippen LogP contribution in [0.4, 0.5) is 0 Å². The minimum atomic E-state index is 0.609. The molecule has 0 aliphatic carbocycles. The van der Waals surface area contributed by atoms with Gasteiger partial charge in [-0.15, -0.1) is 11.7 Å². The maximum absolute atomic E-state index is 4.27. The molecule has 2 heteroatoms. The van der Waals surface area contributed by atoms with Gasteiger partial charge in [0.25, 0.3) is 0 Å². The zero-order valence-electron chi connectivity index (χ0n) is 12.8. The summed E-state index contributed by atoms with van der Waals surface area (Å²) in [5, 5.41) is 0. The number of allylic oxidation sites excluding steroid dienone is 6. The molecule has 0 rings (SSSR count). The average molecular weight is 297 g/mol. The van der Waals surface area contributed by atoms with Gasteiger partial charge in [-0.05, 0) is 37.3 Å². The van der Waals surface area contributed by atoms with E-state index in [9.17, 15) is 0 Å². The number of rotatable bonds is 9. The lowest BCUT2D eigenvalue weighted by molar-refractivity contribution is 0.652. The van der Waals surface area contributed by atoms with Crippen LogP contribution in [-0.2, 0) is 0 Å². The van der Waals surface area contributed by atoms with Gasteiger partial charge in [0, 0.05) is 4.91 Å². The van der Waals surface area contributed by atoms with E-state index in [2.05, 4.69) is 64.2 Å². The van der Waals surface area contributed by atoms with E-state index in [1.54, 1.807) is 0 Å². The Morgan fingerprint density at radius 1 is 1.37 bits per heavy atom. The van der Waals surface area contributed by atoms with Crippen molar-refractivity contribution in [3.63, 3.8) is 0 Å². The lowest BCUT2D eigenvalue weighted by atomic mass is 9.94. The van der Waals surface area contributed by atoms with Crippen LogP contribution in [-0.4, -0.2) is 0 Å². The SMILES string of the molecule is C=CC(=CC(C=CCCCC)=C(C)C(C)CC)SS. The van der Waals surface area contributed by atoms with Gasteiger partial charge in [-0.2, -0.15) is 0 Å². The van der Waals surface area contributed by atoms with Crippen LogP contribution < -0.4 is 0 Å². The lowest BCUT2D eigenvalue weighted by Gasteiger charge is -2.13. The van der Waals surface area contributed by atoms with E-state index in [4.69, 9.17) is 0 Å². The quantitative estimate of drug-likeness (QED) is 0.213. The molecule has 1 unspecified atom stereocenters. The summed E-state index contributed by atoms with van der Waals surface area (Å²) < 4.78 is 0. The van der Waals surface area contributed by atoms with Crippen LogP contribution in [0, 0.1) is 5.92 Å². The van der Waals surface area contributed by atoms with Crippen molar-refractivity contribution in [1.29, 1.82) is 0 Å². The van der Waals surface area contributed by atoms with Crippen LogP contribution in [0.25, 0.3) is 0 Å². The minimum Gasteiger partial charge on any atom is -0.106 e. The third kappa shape index (κ3) is 7.74. The first-order valence-corrected chi connectivity index (χ1v) is 9.00. The zero-order chi connectivity index (χ0) is 14.7. The second-order valence-electron chi connectivity index (χ2n) is 4.83. The van der Waals surface area contributed by atoms with Gasteiger partial charge >= 0.3 is 0 Å². The topological polar surface area (TPSA) is 0 Å². The maximum Gasteiger partial charge on any atom is 0.0180 e. The van der Waals surface area contributed by atoms with Crippen molar-refractivity contribution < 1.29 is 0 Å². The van der Waals surface area contributed by atoms with Crippen LogP contribution >= 0.6 is 22.5 Å². The van der Waals surface area contributed by atoms with Gasteiger partial charge in [-0.1, -0.05) is 74.8 Å². The first-order chi connectivity index (χ1) is 9.10. The predicted molar refractivity (Wildman–Crippen MR) is 95.7 cm³/mol. The van der Waals surface area contributed by atoms with Crippen LogP contribution in [0.1, 0.15) is 53.4 Å². The van der Waals surface area contributed by atoms with Gasteiger partial charge in [-0.3, -0.25) is 0 Å². The van der Waals surface area contributed by atoms with Gasteiger partial charge in [-0.25, -0.2) is 0 Å². The molecule has 108 valence electrons. The summed E-state index contributed by atoms with van der Waals surface area (Å²) in [6.45, 7) is 12.8. The van der Waals surface area contributed by atoms with Crippen molar-refractivity contribution in [3.05, 3.63) is 46.9 Å². The summed E-state index contributed by atoms with van der Waals surface area (Å²) in [7, 11) is 1.45. The Balaban J connectivity index is 5.19. The highest BCUT2D eigenvalue weighted by molar-refractivity contribution is 8.70. The van der Waals surface area contributed by atoms with Crippen molar-refractivity contribution in [2.75, 3.05) is 0 Å². The Labute approximate surface area is 128 Å². The van der Waals surface area contributed by atoms with Crippen molar-refractivity contribution in [2.45, 2.75) is 53.4 Å². The number of thiol groups is 1. The molecular formula is C17H28S2. The van der Waals surface area contributed by atoms with E-state index in [-0.39, 0.29) is 0 Å². The summed E-state index contributed by atoms with van der Waals surface area (Å²) in [6.07, 6.45) is 13.4. The molecule has 0 saturated carbocycles. The fourth-order valence-corrected chi connectivity index (χ4v) is 2.33. The first kappa shape index (κ1) is 18.7. The summed E-state index contributed by atoms with van der Waals surface area (Å²) in [5.41, 5.74) is 2.75. The molecule has 0 fully saturated rings. The van der Waals surface area contributed by atoms with E-state index in [0.717, 1.165) is 11.3 Å². The van der Waals surface area contributed by atoms with E-state index < -0.39 is 0 Å². The van der Waals surface area contributed by atoms with E-state index in [1.807, 2.05) is 6.08 Å². The fraction of sp³-hybridized carbons (Fsp3) is 0.529. The maximum atomic E-state index is 4.27. The molecule has 0 aromatic rings. The van der Waals surface area contributed by atoms with Gasteiger partial charge in [0.05, 0.1) is 0 Å². The normalized spacial score (nSPS) is 15.5. The molecule has 0 spiro atoms. The molecule has 0 aromatic heterocycles. The van der Waals surface area contributed by atoms with E-state index >= 15 is 0 Å². The Kier molecular flexibility index (Phi) is 11.3. The lowest BCUT2D eigenvalue weighted by Crippen LogP contribution is -1.97. The summed E-state index contributed by atoms with van der Waals surface area (Å²) >= 11 is 4.27. The molecular weight excluding hydrogens is 268 g/mol. The molecule has 0 nitrogen and oxygen atoms in total. The second kappa shape index (κ2) is 11.5. The van der Waals surface area contributed by atoms with E-state index in [1.165, 1.54) is 41.2 Å². The highest BCUT2D eigenvalue weighted by atomic mass is 33.1. The summed E-state index contributed by atoms with van der Waals surface area (Å²) in [4.78, 5) is 1.10. The molecule has 0 aliphatic heterocycles. The van der Waals surface area contributed by atoms with Crippen LogP contribution in [0.5, 0.6) is 0 Å². The highest BCUT2D eigenvalue weighted by Crippen LogP contribution is 2.26. The van der Waals surface area contributed by atoms with Crippen molar-refractivity contribution in [1.82, 2.24) is 0 Å². The average Bonchev–Trinajstić information content (AvgIpc) is 2.45. The number of unbranched alkanes of at least 4 members (excludes halogenated alkanes) is 2. The molecule has 0 bridgehead atoms. The molecule has 0 aromatic carbocycles. The summed E-state index contributed by atoms with van der Waals surface area (Å²) in [6, 6.07) is 0. The van der Waals surface area contributed by atoms with Crippen LogP contribution in [0.2, 0.25) is 0 Å². The smallest absolute Gasteiger partial charge is 0.0180 e. The van der Waals surface area contributed by atoms with Crippen molar-refractivity contribution in [2.24, 2.45) is 5.92 Å². The van der Waals surface area contributed by atoms with E-state index in [0.29, 0.717) is 5.92 Å². The Hall–Kier alpha value is -0.340. The molecule has 0 N–H and O–H groups in total. The Morgan fingerprint density at radius 2 is 2.05 bits per heavy atom. The van der Waals surface area contributed by atoms with Crippen LogP contribution in [0.15, 0.2) is 46.9 Å². The highest BCUT2D eigenvalue weighted by Gasteiger charge is 2.05. The minimum absolute atomic E-state index is 0.609. The van der Waals surface area contributed by atoms with Crippen molar-refractivity contribution >= 4 is 22.5 Å². The monoisotopic (exact) mass is 296 g/mol. The Morgan fingerprint density at radius 3 is 2.53 bits per heavy atom. The molecule has 0 radical (unpaired) electrons. The fourth-order valence-electron chi connectivity index (χ4n) is 1.69. The third-order valence-electron chi connectivity index (χ3n) is 3.43. The molecule has 0 aliphatic rings. The van der Waals surface area contributed by atoms with Crippen LogP contribution in [0.3, 0.4) is 0 Å². The predicted octanol–water partition coefficient (Wildman–Crippen LogP) is 6.74. The number of hydrogen-bond donors (Lipinski definition) is 1. The standard InChI is InChI=1S/C17H28S2/c1-6-9-10-11-12-16(13-17(8-3)19-18)15(5)14(4)7-2/h8,11-14,18H,3,6-7,9-10H2,1-2,4-5H3. The first-order valence-electron chi connectivity index (χ1n) is 7.13. The van der Waals surface area contributed by atoms with Gasteiger partial charge < -0.3 is 0 Å².